The first-order valence-corrected chi connectivity index (χ1v) is 16.8. The van der Waals surface area contributed by atoms with E-state index in [-0.39, 0.29) is 11.0 Å². The smallest absolute Gasteiger partial charge is 0.0413 e. The van der Waals surface area contributed by atoms with Gasteiger partial charge in [-0.05, 0) is 102 Å². The standard InChI is InChI=1S/C39H49NS/c1-7-10-26-38(4,5)40(33-24-25-37-35(28-33)34-14-12-13-15-36(34)41-37)32-22-18-30(19-23-32)29-16-20-31(21-17-29)39(6,9-3)27-11-8-2/h12-25,35H,7-11,26-28H2,1-6H3. The van der Waals surface area contributed by atoms with Crippen molar-refractivity contribution in [2.24, 2.45) is 0 Å². The minimum atomic E-state index is 0.0325. The number of hydrogen-bond donors (Lipinski definition) is 0. The Labute approximate surface area is 254 Å². The molecule has 2 aliphatic rings. The molecule has 5 rings (SSSR count). The maximum atomic E-state index is 2.65. The van der Waals surface area contributed by atoms with Crippen LogP contribution in [0.4, 0.5) is 5.69 Å². The van der Waals surface area contributed by atoms with Gasteiger partial charge in [-0.25, -0.2) is 0 Å². The number of nitrogens with zero attached hydrogens (tertiary/aromatic N) is 1. The van der Waals surface area contributed by atoms with Gasteiger partial charge in [0, 0.05) is 27.7 Å². The maximum absolute atomic E-state index is 2.65. The van der Waals surface area contributed by atoms with Gasteiger partial charge in [-0.15, -0.1) is 0 Å². The van der Waals surface area contributed by atoms with E-state index in [1.165, 1.54) is 88.4 Å². The number of unbranched alkanes of at least 4 members (excludes halogenated alkanes) is 2. The Balaban J connectivity index is 1.42. The Morgan fingerprint density at radius 2 is 1.39 bits per heavy atom. The summed E-state index contributed by atoms with van der Waals surface area (Å²) in [6.07, 6.45) is 14.5. The van der Waals surface area contributed by atoms with Gasteiger partial charge in [-0.3, -0.25) is 0 Å². The molecule has 0 fully saturated rings. The molecule has 0 bridgehead atoms. The number of benzene rings is 3. The summed E-state index contributed by atoms with van der Waals surface area (Å²) in [5, 5.41) is 0. The average molecular weight is 564 g/mol. The molecule has 0 aromatic heterocycles. The SMILES string of the molecule is CCCCC(C)(CC)c1ccc(-c2ccc(N(C3=CC=C4Sc5ccccc5C4C3)C(C)(C)CCCC)cc2)cc1. The lowest BCUT2D eigenvalue weighted by atomic mass is 9.76. The first-order valence-electron chi connectivity index (χ1n) is 16.0. The lowest BCUT2D eigenvalue weighted by molar-refractivity contribution is 0.403. The molecule has 1 aliphatic heterocycles. The van der Waals surface area contributed by atoms with Crippen LogP contribution in [-0.2, 0) is 5.41 Å². The molecule has 0 spiro atoms. The first-order chi connectivity index (χ1) is 19.8. The van der Waals surface area contributed by atoms with E-state index in [9.17, 15) is 0 Å². The predicted molar refractivity (Wildman–Crippen MR) is 181 cm³/mol. The molecule has 1 nitrogen and oxygen atoms in total. The number of rotatable bonds is 12. The van der Waals surface area contributed by atoms with Crippen LogP contribution in [0.5, 0.6) is 0 Å². The van der Waals surface area contributed by atoms with Crippen molar-refractivity contribution in [1.82, 2.24) is 0 Å². The highest BCUT2D eigenvalue weighted by Gasteiger charge is 2.36. The highest BCUT2D eigenvalue weighted by molar-refractivity contribution is 8.03. The average Bonchev–Trinajstić information content (AvgIpc) is 3.37. The second-order valence-electron chi connectivity index (χ2n) is 13.0. The number of allylic oxidation sites excluding steroid dienone is 4. The van der Waals surface area contributed by atoms with E-state index in [1.807, 2.05) is 11.8 Å². The zero-order valence-electron chi connectivity index (χ0n) is 26.2. The molecule has 1 heterocycles. The summed E-state index contributed by atoms with van der Waals surface area (Å²) >= 11 is 1.96. The molecule has 0 amide bonds. The van der Waals surface area contributed by atoms with E-state index in [2.05, 4.69) is 131 Å². The van der Waals surface area contributed by atoms with Crippen molar-refractivity contribution < 1.29 is 0 Å². The Kier molecular flexibility index (Phi) is 9.19. The van der Waals surface area contributed by atoms with Crippen LogP contribution < -0.4 is 4.90 Å². The molecule has 216 valence electrons. The Bertz CT molecular complexity index is 1380. The van der Waals surface area contributed by atoms with E-state index < -0.39 is 0 Å². The number of anilines is 1. The van der Waals surface area contributed by atoms with E-state index in [0.717, 1.165) is 6.42 Å². The molecule has 41 heavy (non-hydrogen) atoms. The van der Waals surface area contributed by atoms with E-state index in [1.54, 1.807) is 0 Å². The molecule has 2 atom stereocenters. The molecule has 3 aromatic carbocycles. The molecule has 0 radical (unpaired) electrons. The van der Waals surface area contributed by atoms with Crippen molar-refractivity contribution in [3.63, 3.8) is 0 Å². The minimum absolute atomic E-state index is 0.0325. The molecule has 3 aromatic rings. The van der Waals surface area contributed by atoms with Crippen LogP contribution in [0.3, 0.4) is 0 Å². The van der Waals surface area contributed by atoms with Crippen molar-refractivity contribution in [2.75, 3.05) is 4.90 Å². The van der Waals surface area contributed by atoms with E-state index in [0.29, 0.717) is 5.92 Å². The summed E-state index contributed by atoms with van der Waals surface area (Å²) in [6.45, 7) is 14.2. The van der Waals surface area contributed by atoms with E-state index >= 15 is 0 Å². The van der Waals surface area contributed by atoms with Gasteiger partial charge in [0.25, 0.3) is 0 Å². The Morgan fingerprint density at radius 1 is 0.756 bits per heavy atom. The van der Waals surface area contributed by atoms with Crippen molar-refractivity contribution in [2.45, 2.75) is 115 Å². The third-order valence-corrected chi connectivity index (χ3v) is 10.9. The van der Waals surface area contributed by atoms with Crippen LogP contribution in [0, 0.1) is 0 Å². The highest BCUT2D eigenvalue weighted by atomic mass is 32.2. The summed E-state index contributed by atoms with van der Waals surface area (Å²) in [7, 11) is 0. The second kappa shape index (κ2) is 12.7. The van der Waals surface area contributed by atoms with Gasteiger partial charge in [0.2, 0.25) is 0 Å². The van der Waals surface area contributed by atoms with Crippen molar-refractivity contribution in [3.8, 4) is 11.1 Å². The van der Waals surface area contributed by atoms with Crippen molar-refractivity contribution in [3.05, 3.63) is 107 Å². The predicted octanol–water partition coefficient (Wildman–Crippen LogP) is 12.0. The van der Waals surface area contributed by atoms with Gasteiger partial charge in [-0.1, -0.05) is 120 Å². The largest absolute Gasteiger partial charge is 0.340 e. The fourth-order valence-corrected chi connectivity index (χ4v) is 8.00. The minimum Gasteiger partial charge on any atom is -0.340 e. The van der Waals surface area contributed by atoms with Crippen molar-refractivity contribution >= 4 is 17.4 Å². The van der Waals surface area contributed by atoms with Gasteiger partial charge in [0.15, 0.2) is 0 Å². The summed E-state index contributed by atoms with van der Waals surface area (Å²) in [4.78, 5) is 5.57. The van der Waals surface area contributed by atoms with Gasteiger partial charge < -0.3 is 4.90 Å². The summed E-state index contributed by atoms with van der Waals surface area (Å²) in [5.74, 6) is 0.476. The lowest BCUT2D eigenvalue weighted by Gasteiger charge is -2.43. The monoisotopic (exact) mass is 563 g/mol. The molecular formula is C39H49NS. The third-order valence-electron chi connectivity index (χ3n) is 9.66. The number of hydrogen-bond acceptors (Lipinski definition) is 2. The van der Waals surface area contributed by atoms with Gasteiger partial charge in [0.1, 0.15) is 0 Å². The molecule has 0 N–H and O–H groups in total. The molecule has 2 heteroatoms. The fraction of sp³-hybridized carbons (Fsp3) is 0.436. The maximum Gasteiger partial charge on any atom is 0.0413 e. The lowest BCUT2D eigenvalue weighted by Crippen LogP contribution is -2.44. The van der Waals surface area contributed by atoms with Crippen LogP contribution in [0.25, 0.3) is 11.1 Å². The summed E-state index contributed by atoms with van der Waals surface area (Å²) in [5.41, 5.74) is 8.59. The second-order valence-corrected chi connectivity index (χ2v) is 14.1. The molecule has 0 saturated carbocycles. The molecule has 0 saturated heterocycles. The molecular weight excluding hydrogens is 515 g/mol. The molecule has 2 unspecified atom stereocenters. The van der Waals surface area contributed by atoms with Crippen LogP contribution in [0.2, 0.25) is 0 Å². The quantitative estimate of drug-likeness (QED) is 0.216. The summed E-state index contributed by atoms with van der Waals surface area (Å²) in [6, 6.07) is 27.7. The topological polar surface area (TPSA) is 3.24 Å². The summed E-state index contributed by atoms with van der Waals surface area (Å²) < 4.78 is 0. The van der Waals surface area contributed by atoms with Gasteiger partial charge in [-0.2, -0.15) is 0 Å². The molecule has 1 aliphatic carbocycles. The van der Waals surface area contributed by atoms with E-state index in [4.69, 9.17) is 0 Å². The first kappa shape index (κ1) is 29.8. The van der Waals surface area contributed by atoms with Crippen LogP contribution >= 0.6 is 11.8 Å². The number of thioether (sulfide) groups is 1. The van der Waals surface area contributed by atoms with Crippen LogP contribution in [0.15, 0.2) is 100 Å². The fourth-order valence-electron chi connectivity index (χ4n) is 6.78. The Hall–Kier alpha value is -2.71. The van der Waals surface area contributed by atoms with Crippen molar-refractivity contribution in [1.29, 1.82) is 0 Å². The normalized spacial score (nSPS) is 17.8. The zero-order chi connectivity index (χ0) is 29.0. The third kappa shape index (κ3) is 6.24. The zero-order valence-corrected chi connectivity index (χ0v) is 27.0. The van der Waals surface area contributed by atoms with Gasteiger partial charge in [0.05, 0.1) is 0 Å². The van der Waals surface area contributed by atoms with Gasteiger partial charge >= 0.3 is 0 Å². The van der Waals surface area contributed by atoms with Crippen LogP contribution in [-0.4, -0.2) is 5.54 Å². The van der Waals surface area contributed by atoms with Crippen LogP contribution in [0.1, 0.15) is 110 Å². The highest BCUT2D eigenvalue weighted by Crippen LogP contribution is 2.53. The Morgan fingerprint density at radius 3 is 2.05 bits per heavy atom. The number of fused-ring (bicyclic) bond motifs is 3.